The summed E-state index contributed by atoms with van der Waals surface area (Å²) in [5.74, 6) is 0. The Balaban J connectivity index is 0. The second kappa shape index (κ2) is 6.89. The molecule has 0 atom stereocenters. The first-order valence-corrected chi connectivity index (χ1v) is 9.21. The van der Waals surface area contributed by atoms with Gasteiger partial charge in [-0.05, 0) is 7.05 Å². The van der Waals surface area contributed by atoms with Gasteiger partial charge in [0.15, 0.2) is 8.96 Å². The van der Waals surface area contributed by atoms with Crippen LogP contribution in [0.5, 0.6) is 0 Å². The second-order valence-electron chi connectivity index (χ2n) is 3.74. The zero-order valence-corrected chi connectivity index (χ0v) is 10.2. The van der Waals surface area contributed by atoms with Crippen molar-refractivity contribution in [3.8, 4) is 0 Å². The van der Waals surface area contributed by atoms with Gasteiger partial charge in [0.25, 0.3) is 0 Å². The SMILES string of the molecule is C=C[SiH](C=C)N(C)[Si](C)(C)C.[KH]. The van der Waals surface area contributed by atoms with Crippen LogP contribution in [0.4, 0.5) is 0 Å². The van der Waals surface area contributed by atoms with E-state index in [2.05, 4.69) is 55.5 Å². The molecule has 12 heavy (non-hydrogen) atoms. The van der Waals surface area contributed by atoms with E-state index in [4.69, 9.17) is 0 Å². The van der Waals surface area contributed by atoms with Gasteiger partial charge >= 0.3 is 51.4 Å². The van der Waals surface area contributed by atoms with Crippen LogP contribution in [0.3, 0.4) is 0 Å². The van der Waals surface area contributed by atoms with E-state index in [1.165, 1.54) is 0 Å². The van der Waals surface area contributed by atoms with Gasteiger partial charge in [-0.15, -0.1) is 13.2 Å². The van der Waals surface area contributed by atoms with E-state index in [0.29, 0.717) is 0 Å². The van der Waals surface area contributed by atoms with Crippen LogP contribution in [0.1, 0.15) is 0 Å². The zero-order chi connectivity index (χ0) is 9.07. The summed E-state index contributed by atoms with van der Waals surface area (Å²) < 4.78 is 2.51. The molecule has 0 spiro atoms. The third-order valence-electron chi connectivity index (χ3n) is 1.99. The fourth-order valence-corrected chi connectivity index (χ4v) is 5.89. The van der Waals surface area contributed by atoms with Gasteiger partial charge in [-0.3, -0.25) is 0 Å². The monoisotopic (exact) mass is 225 g/mol. The number of rotatable bonds is 4. The first kappa shape index (κ1) is 16.0. The molecule has 0 radical (unpaired) electrons. The fourth-order valence-electron chi connectivity index (χ4n) is 0.860. The molecule has 0 bridgehead atoms. The fraction of sp³-hybridized carbons (Fsp3) is 0.500. The van der Waals surface area contributed by atoms with Gasteiger partial charge in [-0.2, -0.15) is 0 Å². The summed E-state index contributed by atoms with van der Waals surface area (Å²) in [7, 11) is 0.0994. The Morgan fingerprint density at radius 3 is 1.58 bits per heavy atom. The van der Waals surface area contributed by atoms with Crippen LogP contribution < -0.4 is 0 Å². The molecule has 4 heteroatoms. The molecular formula is C8H20KNSi2. The van der Waals surface area contributed by atoms with Crippen molar-refractivity contribution in [1.82, 2.24) is 4.23 Å². The minimum atomic E-state index is -1.11. The van der Waals surface area contributed by atoms with E-state index in [9.17, 15) is 0 Å². The first-order valence-electron chi connectivity index (χ1n) is 3.91. The van der Waals surface area contributed by atoms with E-state index in [0.717, 1.165) is 0 Å². The topological polar surface area (TPSA) is 3.24 Å². The number of hydrogen-bond donors (Lipinski definition) is 0. The molecule has 0 aliphatic heterocycles. The molecule has 1 nitrogen and oxygen atoms in total. The molecule has 0 unspecified atom stereocenters. The Hall–Kier alpha value is 1.51. The third-order valence-corrected chi connectivity index (χ3v) is 9.18. The van der Waals surface area contributed by atoms with Gasteiger partial charge in [0.1, 0.15) is 8.24 Å². The summed E-state index contributed by atoms with van der Waals surface area (Å²) in [5.41, 5.74) is 4.15. The molecule has 0 saturated carbocycles. The average molecular weight is 226 g/mol. The van der Waals surface area contributed by atoms with Crippen molar-refractivity contribution in [3.05, 3.63) is 24.6 Å². The third kappa shape index (κ3) is 5.29. The van der Waals surface area contributed by atoms with Gasteiger partial charge in [0, 0.05) is 0 Å². The van der Waals surface area contributed by atoms with Crippen LogP contribution in [0.15, 0.2) is 24.6 Å². The molecule has 0 aromatic heterocycles. The minimum absolute atomic E-state index is 0. The van der Waals surface area contributed by atoms with Gasteiger partial charge in [-0.25, -0.2) is 0 Å². The predicted molar refractivity (Wildman–Crippen MR) is 65.8 cm³/mol. The molecule has 0 aromatic carbocycles. The summed E-state index contributed by atoms with van der Waals surface area (Å²) >= 11 is 0. The van der Waals surface area contributed by atoms with E-state index in [1.807, 2.05) is 0 Å². The molecule has 0 amide bonds. The Morgan fingerprint density at radius 1 is 1.17 bits per heavy atom. The molecule has 66 valence electrons. The van der Waals surface area contributed by atoms with Crippen molar-refractivity contribution in [1.29, 1.82) is 0 Å². The van der Waals surface area contributed by atoms with Gasteiger partial charge < -0.3 is 4.23 Å². The van der Waals surface area contributed by atoms with Gasteiger partial charge in [0.2, 0.25) is 0 Å². The van der Waals surface area contributed by atoms with Crippen LogP contribution >= 0.6 is 0 Å². The summed E-state index contributed by atoms with van der Waals surface area (Å²) in [6.45, 7) is 14.7. The second-order valence-corrected chi connectivity index (χ2v) is 12.0. The van der Waals surface area contributed by atoms with E-state index in [1.54, 1.807) is 0 Å². The Bertz CT molecular complexity index is 146. The molecule has 0 fully saturated rings. The van der Waals surface area contributed by atoms with Gasteiger partial charge in [-0.1, -0.05) is 31.0 Å². The Morgan fingerprint density at radius 2 is 1.50 bits per heavy atom. The summed E-state index contributed by atoms with van der Waals surface area (Å²) in [5, 5.41) is 0. The Kier molecular flexibility index (Phi) is 9.16. The van der Waals surface area contributed by atoms with E-state index in [-0.39, 0.29) is 51.4 Å². The standard InChI is InChI=1S/C8H19NSi2.K.H/c1-7-10(8-2)9(3)11(4,5)6;;/h7-8,10H,1-2H2,3-6H3;;. The zero-order valence-electron chi connectivity index (χ0n) is 8.09. The number of hydrogen-bond acceptors (Lipinski definition) is 1. The van der Waals surface area contributed by atoms with Crippen molar-refractivity contribution in [2.45, 2.75) is 19.6 Å². The predicted octanol–water partition coefficient (Wildman–Crippen LogP) is 1.28. The van der Waals surface area contributed by atoms with E-state index < -0.39 is 17.2 Å². The van der Waals surface area contributed by atoms with Crippen LogP contribution in [0.2, 0.25) is 19.6 Å². The normalized spacial score (nSPS) is 11.2. The van der Waals surface area contributed by atoms with Crippen LogP contribution in [0, 0.1) is 0 Å². The van der Waals surface area contributed by atoms with Crippen molar-refractivity contribution in [2.24, 2.45) is 0 Å². The maximum absolute atomic E-state index is 3.84. The van der Waals surface area contributed by atoms with Crippen LogP contribution in [-0.2, 0) is 0 Å². The van der Waals surface area contributed by atoms with Crippen molar-refractivity contribution in [2.75, 3.05) is 7.05 Å². The van der Waals surface area contributed by atoms with Crippen molar-refractivity contribution < 1.29 is 0 Å². The molecule has 0 heterocycles. The average Bonchev–Trinajstić information content (AvgIpc) is 1.88. The molecule has 0 saturated heterocycles. The summed E-state index contributed by atoms with van der Waals surface area (Å²) in [4.78, 5) is 0. The molecule has 0 N–H and O–H groups in total. The summed E-state index contributed by atoms with van der Waals surface area (Å²) in [6.07, 6.45) is 0. The van der Waals surface area contributed by atoms with E-state index >= 15 is 0 Å². The molecule has 0 aliphatic rings. The number of nitrogens with zero attached hydrogens (tertiary/aromatic N) is 1. The molecule has 0 aliphatic carbocycles. The van der Waals surface area contributed by atoms with Crippen molar-refractivity contribution >= 4 is 68.6 Å². The van der Waals surface area contributed by atoms with Gasteiger partial charge in [0.05, 0.1) is 0 Å². The molecular weight excluding hydrogens is 205 g/mol. The quantitative estimate of drug-likeness (QED) is 0.652. The van der Waals surface area contributed by atoms with Crippen LogP contribution in [-0.4, -0.2) is 79.9 Å². The Labute approximate surface area is 122 Å². The molecule has 0 aromatic rings. The molecule has 0 rings (SSSR count). The summed E-state index contributed by atoms with van der Waals surface area (Å²) in [6, 6.07) is 0. The van der Waals surface area contributed by atoms with Crippen LogP contribution in [0.25, 0.3) is 0 Å². The maximum atomic E-state index is 3.84. The van der Waals surface area contributed by atoms with Crippen molar-refractivity contribution in [3.63, 3.8) is 0 Å². The first-order chi connectivity index (χ1) is 4.93.